The van der Waals surface area contributed by atoms with Crippen molar-refractivity contribution in [3.05, 3.63) is 42.2 Å². The lowest BCUT2D eigenvalue weighted by molar-refractivity contribution is -0.134. The van der Waals surface area contributed by atoms with Gasteiger partial charge in [-0.25, -0.2) is 9.97 Å². The van der Waals surface area contributed by atoms with Crippen LogP contribution in [0.4, 0.5) is 0 Å². The van der Waals surface area contributed by atoms with Gasteiger partial charge in [0, 0.05) is 12.0 Å². The Kier molecular flexibility index (Phi) is 9.67. The molecule has 0 N–H and O–H groups in total. The Hall–Kier alpha value is -2.23. The smallest absolute Gasteiger partial charge is 0.311 e. The van der Waals surface area contributed by atoms with Crippen LogP contribution in [0.25, 0.3) is 11.4 Å². The highest BCUT2D eigenvalue weighted by Crippen LogP contribution is 2.19. The van der Waals surface area contributed by atoms with Crippen molar-refractivity contribution in [2.75, 3.05) is 0 Å². The fourth-order valence-electron chi connectivity index (χ4n) is 3.08. The number of aromatic nitrogens is 2. The second kappa shape index (κ2) is 12.3. The Morgan fingerprint density at radius 2 is 1.71 bits per heavy atom. The van der Waals surface area contributed by atoms with Gasteiger partial charge in [-0.3, -0.25) is 4.79 Å². The number of carbonyl (C=O) groups is 1. The van der Waals surface area contributed by atoms with E-state index in [2.05, 4.69) is 55.0 Å². The van der Waals surface area contributed by atoms with Gasteiger partial charge in [0.05, 0.1) is 12.4 Å². The third-order valence-corrected chi connectivity index (χ3v) is 5.17. The van der Waals surface area contributed by atoms with Crippen molar-refractivity contribution < 1.29 is 9.53 Å². The van der Waals surface area contributed by atoms with Gasteiger partial charge in [-0.15, -0.1) is 0 Å². The van der Waals surface area contributed by atoms with E-state index in [9.17, 15) is 4.79 Å². The van der Waals surface area contributed by atoms with Gasteiger partial charge in [0.25, 0.3) is 0 Å². The predicted octanol–water partition coefficient (Wildman–Crippen LogP) is 6.39. The number of nitrogens with zero attached hydrogens (tertiary/aromatic N) is 2. The molecule has 1 heterocycles. The summed E-state index contributed by atoms with van der Waals surface area (Å²) in [6.07, 6.45) is 12.9. The summed E-state index contributed by atoms with van der Waals surface area (Å²) in [6, 6.07) is 8.42. The van der Waals surface area contributed by atoms with Gasteiger partial charge in [0.15, 0.2) is 11.6 Å². The van der Waals surface area contributed by atoms with Crippen LogP contribution in [0.3, 0.4) is 0 Å². The monoisotopic (exact) mass is 382 g/mol. The molecule has 2 rings (SSSR count). The van der Waals surface area contributed by atoms with E-state index in [1.54, 1.807) is 12.4 Å². The first-order chi connectivity index (χ1) is 13.6. The fraction of sp³-hybridized carbons (Fsp3) is 0.542. The first-order valence-corrected chi connectivity index (χ1v) is 10.7. The molecular formula is C24H34N2O2. The molecule has 0 aliphatic heterocycles. The SMILES string of the molecule is CCCCCCc1ccc(-c2ncc(OC(=O)CCCC(C)CC)cn2)cc1. The first kappa shape index (κ1) is 22.1. The lowest BCUT2D eigenvalue weighted by atomic mass is 10.0. The van der Waals surface area contributed by atoms with Gasteiger partial charge in [0.2, 0.25) is 0 Å². The van der Waals surface area contributed by atoms with Crippen molar-refractivity contribution in [1.29, 1.82) is 0 Å². The Labute approximate surface area is 169 Å². The summed E-state index contributed by atoms with van der Waals surface area (Å²) in [7, 11) is 0. The largest absolute Gasteiger partial charge is 0.423 e. The van der Waals surface area contributed by atoms with Gasteiger partial charge >= 0.3 is 5.97 Å². The number of hydrogen-bond donors (Lipinski definition) is 0. The third-order valence-electron chi connectivity index (χ3n) is 5.17. The van der Waals surface area contributed by atoms with Gasteiger partial charge in [0.1, 0.15) is 0 Å². The zero-order chi connectivity index (χ0) is 20.2. The minimum absolute atomic E-state index is 0.216. The van der Waals surface area contributed by atoms with Crippen molar-refractivity contribution in [1.82, 2.24) is 9.97 Å². The van der Waals surface area contributed by atoms with Crippen molar-refractivity contribution >= 4 is 5.97 Å². The van der Waals surface area contributed by atoms with Crippen LogP contribution in [0.2, 0.25) is 0 Å². The van der Waals surface area contributed by atoms with Crippen LogP contribution in [0.5, 0.6) is 5.75 Å². The van der Waals surface area contributed by atoms with Gasteiger partial charge in [-0.1, -0.05) is 77.1 Å². The third kappa shape index (κ3) is 7.79. The molecule has 0 bridgehead atoms. The molecule has 152 valence electrons. The van der Waals surface area contributed by atoms with Gasteiger partial charge < -0.3 is 4.74 Å². The summed E-state index contributed by atoms with van der Waals surface area (Å²) in [5.74, 6) is 1.49. The molecular weight excluding hydrogens is 348 g/mol. The minimum atomic E-state index is -0.216. The van der Waals surface area contributed by atoms with Crippen molar-refractivity contribution in [3.8, 4) is 17.1 Å². The minimum Gasteiger partial charge on any atom is -0.423 e. The van der Waals surface area contributed by atoms with Crippen LogP contribution >= 0.6 is 0 Å². The summed E-state index contributed by atoms with van der Waals surface area (Å²) in [5, 5.41) is 0. The number of carbonyl (C=O) groups excluding carboxylic acids is 1. The molecule has 1 aromatic carbocycles. The highest BCUT2D eigenvalue weighted by Gasteiger charge is 2.08. The number of benzene rings is 1. The Morgan fingerprint density at radius 1 is 1.00 bits per heavy atom. The number of rotatable bonds is 12. The maximum atomic E-state index is 11.9. The second-order valence-electron chi connectivity index (χ2n) is 7.63. The molecule has 0 saturated carbocycles. The molecule has 0 amide bonds. The molecule has 4 heteroatoms. The molecule has 0 saturated heterocycles. The molecule has 4 nitrogen and oxygen atoms in total. The summed E-state index contributed by atoms with van der Waals surface area (Å²) < 4.78 is 5.34. The Morgan fingerprint density at radius 3 is 2.36 bits per heavy atom. The van der Waals surface area contributed by atoms with Crippen LogP contribution in [0.1, 0.15) is 77.7 Å². The number of hydrogen-bond acceptors (Lipinski definition) is 4. The quantitative estimate of drug-likeness (QED) is 0.315. The second-order valence-corrected chi connectivity index (χ2v) is 7.63. The number of unbranched alkanes of at least 4 members (excludes halogenated alkanes) is 3. The van der Waals surface area contributed by atoms with Crippen molar-refractivity contribution in [2.45, 2.75) is 78.6 Å². The van der Waals surface area contributed by atoms with Crippen LogP contribution < -0.4 is 4.74 Å². The lowest BCUT2D eigenvalue weighted by Gasteiger charge is -2.08. The van der Waals surface area contributed by atoms with Crippen molar-refractivity contribution in [3.63, 3.8) is 0 Å². The average Bonchev–Trinajstić information content (AvgIpc) is 2.72. The topological polar surface area (TPSA) is 52.1 Å². The normalized spacial score (nSPS) is 12.0. The summed E-state index contributed by atoms with van der Waals surface area (Å²) in [5.41, 5.74) is 2.33. The molecule has 1 unspecified atom stereocenters. The van der Waals surface area contributed by atoms with E-state index in [0.717, 1.165) is 31.2 Å². The Bertz CT molecular complexity index is 696. The molecule has 28 heavy (non-hydrogen) atoms. The van der Waals surface area contributed by atoms with Gasteiger partial charge in [-0.2, -0.15) is 0 Å². The molecule has 1 atom stereocenters. The number of ether oxygens (including phenoxy) is 1. The first-order valence-electron chi connectivity index (χ1n) is 10.7. The molecule has 1 aromatic heterocycles. The maximum Gasteiger partial charge on any atom is 0.311 e. The van der Waals surface area contributed by atoms with E-state index >= 15 is 0 Å². The molecule has 0 fully saturated rings. The summed E-state index contributed by atoms with van der Waals surface area (Å²) in [4.78, 5) is 20.6. The zero-order valence-corrected chi connectivity index (χ0v) is 17.6. The number of aryl methyl sites for hydroxylation is 1. The molecule has 0 radical (unpaired) electrons. The highest BCUT2D eigenvalue weighted by atomic mass is 16.5. The van der Waals surface area contributed by atoms with Crippen molar-refractivity contribution in [2.24, 2.45) is 5.92 Å². The zero-order valence-electron chi connectivity index (χ0n) is 17.6. The summed E-state index contributed by atoms with van der Waals surface area (Å²) in [6.45, 7) is 6.61. The Balaban J connectivity index is 1.82. The molecule has 0 spiro atoms. The lowest BCUT2D eigenvalue weighted by Crippen LogP contribution is -2.09. The van der Waals surface area contributed by atoms with E-state index in [1.165, 1.54) is 31.2 Å². The predicted molar refractivity (Wildman–Crippen MR) is 114 cm³/mol. The molecule has 2 aromatic rings. The number of esters is 1. The van der Waals surface area contributed by atoms with E-state index < -0.39 is 0 Å². The van der Waals surface area contributed by atoms with Gasteiger partial charge in [-0.05, 0) is 30.7 Å². The van der Waals surface area contributed by atoms with Crippen LogP contribution in [0, 0.1) is 5.92 Å². The highest BCUT2D eigenvalue weighted by molar-refractivity contribution is 5.72. The van der Waals surface area contributed by atoms with E-state index in [1.807, 2.05) is 0 Å². The summed E-state index contributed by atoms with van der Waals surface area (Å²) >= 11 is 0. The van der Waals surface area contributed by atoms with Crippen LogP contribution in [-0.4, -0.2) is 15.9 Å². The molecule has 0 aliphatic rings. The molecule has 0 aliphatic carbocycles. The fourth-order valence-corrected chi connectivity index (χ4v) is 3.08. The maximum absolute atomic E-state index is 11.9. The van der Waals surface area contributed by atoms with Crippen LogP contribution in [-0.2, 0) is 11.2 Å². The average molecular weight is 383 g/mol. The van der Waals surface area contributed by atoms with E-state index in [4.69, 9.17) is 4.74 Å². The van der Waals surface area contributed by atoms with Crippen LogP contribution in [0.15, 0.2) is 36.7 Å². The standard InChI is InChI=1S/C24H34N2O2/c1-4-6-7-8-11-20-13-15-21(16-14-20)24-25-17-22(18-26-24)28-23(27)12-9-10-19(3)5-2/h13-19H,4-12H2,1-3H3. The van der Waals surface area contributed by atoms with E-state index in [0.29, 0.717) is 23.9 Å². The van der Waals surface area contributed by atoms with E-state index in [-0.39, 0.29) is 5.97 Å².